The number of para-hydroxylation sites is 1. The Morgan fingerprint density at radius 1 is 1.30 bits per heavy atom. The van der Waals surface area contributed by atoms with E-state index in [9.17, 15) is 9.77 Å². The summed E-state index contributed by atoms with van der Waals surface area (Å²) in [5.74, 6) is 0.794. The summed E-state index contributed by atoms with van der Waals surface area (Å²) in [6.45, 7) is 0.459. The van der Waals surface area contributed by atoms with Crippen molar-refractivity contribution in [3.63, 3.8) is 0 Å². The summed E-state index contributed by atoms with van der Waals surface area (Å²) in [6, 6.07) is 7.90. The summed E-state index contributed by atoms with van der Waals surface area (Å²) in [6.07, 6.45) is 3.81. The molecule has 0 fully saturated rings. The Kier molecular flexibility index (Phi) is 4.75. The number of hydrogen-bond acceptors (Lipinski definition) is 3. The van der Waals surface area contributed by atoms with Gasteiger partial charge in [-0.25, -0.2) is 0 Å². The Morgan fingerprint density at radius 2 is 2.05 bits per heavy atom. The minimum Gasteiger partial charge on any atom is -0.361 e. The summed E-state index contributed by atoms with van der Waals surface area (Å²) in [5, 5.41) is 11.8. The molecule has 4 N–H and O–H groups in total. The number of nitrogens with one attached hydrogen (secondary N) is 1. The van der Waals surface area contributed by atoms with Crippen LogP contribution in [0.1, 0.15) is 5.56 Å². The molecule has 1 aromatic carbocycles. The van der Waals surface area contributed by atoms with Gasteiger partial charge in [-0.1, -0.05) is 24.3 Å². The fraction of sp³-hybridized carbons (Fsp3) is 0.231. The first kappa shape index (κ1) is 15.0. The molecule has 0 spiro atoms. The van der Waals surface area contributed by atoms with Gasteiger partial charge >= 0.3 is 7.60 Å². The molecule has 6 nitrogen and oxygen atoms in total. The molecule has 0 aliphatic carbocycles. The van der Waals surface area contributed by atoms with Crippen molar-refractivity contribution in [2.75, 3.05) is 13.1 Å². The Morgan fingerprint density at radius 3 is 2.80 bits per heavy atom. The predicted molar refractivity (Wildman–Crippen MR) is 76.5 cm³/mol. The molecule has 0 unspecified atom stereocenters. The highest BCUT2D eigenvalue weighted by Crippen LogP contribution is 2.35. The molecule has 0 atom stereocenters. The summed E-state index contributed by atoms with van der Waals surface area (Å²) >= 11 is 0. The van der Waals surface area contributed by atoms with Crippen molar-refractivity contribution in [3.05, 3.63) is 47.9 Å². The smallest absolute Gasteiger partial charge is 0.348 e. The first-order valence-corrected chi connectivity index (χ1v) is 7.85. The van der Waals surface area contributed by atoms with Gasteiger partial charge in [0.2, 0.25) is 0 Å². The van der Waals surface area contributed by atoms with Crippen LogP contribution in [0.15, 0.2) is 42.4 Å². The first-order chi connectivity index (χ1) is 9.46. The maximum atomic E-state index is 10.6. The van der Waals surface area contributed by atoms with Gasteiger partial charge < -0.3 is 20.0 Å². The van der Waals surface area contributed by atoms with Gasteiger partial charge in [-0.2, -0.15) is 5.06 Å². The van der Waals surface area contributed by atoms with Gasteiger partial charge in [-0.3, -0.25) is 4.57 Å². The van der Waals surface area contributed by atoms with Crippen LogP contribution in [-0.4, -0.2) is 38.1 Å². The van der Waals surface area contributed by atoms with E-state index in [-0.39, 0.29) is 6.54 Å². The molecule has 0 saturated carbocycles. The van der Waals surface area contributed by atoms with E-state index < -0.39 is 7.60 Å². The van der Waals surface area contributed by atoms with E-state index in [0.29, 0.717) is 13.0 Å². The van der Waals surface area contributed by atoms with E-state index in [4.69, 9.17) is 9.79 Å². The van der Waals surface area contributed by atoms with Crippen LogP contribution < -0.4 is 0 Å². The molecule has 0 bridgehead atoms. The lowest BCUT2D eigenvalue weighted by Gasteiger charge is -2.11. The van der Waals surface area contributed by atoms with Crippen molar-refractivity contribution in [1.29, 1.82) is 0 Å². The van der Waals surface area contributed by atoms with Crippen LogP contribution in [0.2, 0.25) is 0 Å². The number of aromatic amines is 1. The Hall–Kier alpha value is -1.43. The van der Waals surface area contributed by atoms with Gasteiger partial charge in [-0.15, -0.1) is 0 Å². The normalized spacial score (nSPS) is 12.8. The molecule has 0 aliphatic rings. The van der Waals surface area contributed by atoms with E-state index >= 15 is 0 Å². The lowest BCUT2D eigenvalue weighted by atomic mass is 10.1. The molecule has 0 amide bonds. The van der Waals surface area contributed by atoms with E-state index in [1.165, 1.54) is 6.08 Å². The molecule has 108 valence electrons. The van der Waals surface area contributed by atoms with Gasteiger partial charge in [0.05, 0.1) is 0 Å². The topological polar surface area (TPSA) is 96.8 Å². The maximum absolute atomic E-state index is 10.6. The van der Waals surface area contributed by atoms with Crippen molar-refractivity contribution in [2.24, 2.45) is 0 Å². The van der Waals surface area contributed by atoms with Crippen molar-refractivity contribution in [2.45, 2.75) is 6.42 Å². The molecule has 2 aromatic rings. The van der Waals surface area contributed by atoms with E-state index in [1.54, 1.807) is 0 Å². The van der Waals surface area contributed by atoms with Crippen LogP contribution in [0.25, 0.3) is 10.9 Å². The van der Waals surface area contributed by atoms with E-state index in [1.807, 2.05) is 30.5 Å². The van der Waals surface area contributed by atoms with E-state index in [0.717, 1.165) is 27.3 Å². The third-order valence-corrected chi connectivity index (χ3v) is 3.53. The molecule has 0 radical (unpaired) electrons. The zero-order valence-electron chi connectivity index (χ0n) is 10.8. The quantitative estimate of drug-likeness (QED) is 0.483. The van der Waals surface area contributed by atoms with Crippen molar-refractivity contribution < 1.29 is 19.6 Å². The Labute approximate surface area is 116 Å². The lowest BCUT2D eigenvalue weighted by Crippen LogP contribution is -2.21. The fourth-order valence-corrected chi connectivity index (χ4v) is 2.35. The molecular formula is C13H17N2O4P. The zero-order valence-corrected chi connectivity index (χ0v) is 11.7. The Bertz CT molecular complexity index is 647. The predicted octanol–water partition coefficient (Wildman–Crippen LogP) is 2.09. The summed E-state index contributed by atoms with van der Waals surface area (Å²) in [7, 11) is -4.14. The summed E-state index contributed by atoms with van der Waals surface area (Å²) < 4.78 is 10.6. The molecule has 2 rings (SSSR count). The van der Waals surface area contributed by atoms with Crippen LogP contribution in [0.4, 0.5) is 0 Å². The van der Waals surface area contributed by atoms with Crippen LogP contribution in [-0.2, 0) is 11.0 Å². The molecule has 20 heavy (non-hydrogen) atoms. The van der Waals surface area contributed by atoms with Gasteiger partial charge in [-0.05, 0) is 18.1 Å². The number of hydrogen-bond donors (Lipinski definition) is 4. The molecule has 1 heterocycles. The van der Waals surface area contributed by atoms with Gasteiger partial charge in [0.25, 0.3) is 0 Å². The standard InChI is InChI=1S/C13H17N2O4P/c16-15(7-3-9-20(17,18)19)8-6-11-10-14-13-5-2-1-4-12(11)13/h1-5,9-10,14,16H,6-8H2,(H2,17,18,19). The van der Waals surface area contributed by atoms with E-state index in [2.05, 4.69) is 4.98 Å². The maximum Gasteiger partial charge on any atom is 0.348 e. The van der Waals surface area contributed by atoms with Crippen molar-refractivity contribution >= 4 is 18.5 Å². The van der Waals surface area contributed by atoms with Crippen LogP contribution in [0, 0.1) is 0 Å². The minimum absolute atomic E-state index is 0.0769. The van der Waals surface area contributed by atoms with Gasteiger partial charge in [0, 0.05) is 36.0 Å². The second kappa shape index (κ2) is 6.35. The number of fused-ring (bicyclic) bond motifs is 1. The summed E-state index contributed by atoms with van der Waals surface area (Å²) in [5.41, 5.74) is 2.15. The minimum atomic E-state index is -4.14. The third kappa shape index (κ3) is 4.30. The zero-order chi connectivity index (χ0) is 14.6. The monoisotopic (exact) mass is 296 g/mol. The number of hydroxylamine groups is 2. The van der Waals surface area contributed by atoms with Crippen LogP contribution >= 0.6 is 7.60 Å². The molecule has 1 aromatic heterocycles. The molecule has 7 heteroatoms. The number of rotatable bonds is 6. The third-order valence-electron chi connectivity index (χ3n) is 2.93. The van der Waals surface area contributed by atoms with Crippen LogP contribution in [0.5, 0.6) is 0 Å². The van der Waals surface area contributed by atoms with Crippen LogP contribution in [0.3, 0.4) is 0 Å². The highest BCUT2D eigenvalue weighted by molar-refractivity contribution is 7.55. The number of H-pyrrole nitrogens is 1. The second-order valence-corrected chi connectivity index (χ2v) is 5.97. The number of aromatic nitrogens is 1. The van der Waals surface area contributed by atoms with Crippen molar-refractivity contribution in [1.82, 2.24) is 10.0 Å². The van der Waals surface area contributed by atoms with Crippen molar-refractivity contribution in [3.8, 4) is 0 Å². The molecule has 0 aliphatic heterocycles. The first-order valence-electron chi connectivity index (χ1n) is 6.17. The SMILES string of the molecule is O=P(O)(O)C=CCN(O)CCc1c[nH]c2ccccc12. The second-order valence-electron chi connectivity index (χ2n) is 4.50. The number of benzene rings is 1. The summed E-state index contributed by atoms with van der Waals surface area (Å²) in [4.78, 5) is 20.5. The molecule has 0 saturated heterocycles. The Balaban J connectivity index is 1.89. The highest BCUT2D eigenvalue weighted by Gasteiger charge is 2.07. The average molecular weight is 296 g/mol. The highest BCUT2D eigenvalue weighted by atomic mass is 31.2. The lowest BCUT2D eigenvalue weighted by molar-refractivity contribution is -0.0789. The average Bonchev–Trinajstić information content (AvgIpc) is 2.78. The van der Waals surface area contributed by atoms with Gasteiger partial charge in [0.1, 0.15) is 0 Å². The van der Waals surface area contributed by atoms with Gasteiger partial charge in [0.15, 0.2) is 0 Å². The fourth-order valence-electron chi connectivity index (χ4n) is 1.99. The molecular weight excluding hydrogens is 279 g/mol. The number of nitrogens with zero attached hydrogens (tertiary/aromatic N) is 1. The largest absolute Gasteiger partial charge is 0.361 e.